The molecule has 2 aromatic carbocycles. The van der Waals surface area contributed by atoms with E-state index in [2.05, 4.69) is 10.3 Å². The summed E-state index contributed by atoms with van der Waals surface area (Å²) in [6, 6.07) is 15.9. The van der Waals surface area contributed by atoms with Crippen molar-refractivity contribution in [2.75, 3.05) is 5.32 Å². The number of anilines is 1. The topological polar surface area (TPSA) is 102 Å². The Morgan fingerprint density at radius 2 is 1.85 bits per heavy atom. The first kappa shape index (κ1) is 19.0. The van der Waals surface area contributed by atoms with Crippen LogP contribution in [0.15, 0.2) is 54.6 Å². The Balaban J connectivity index is 1.96. The van der Waals surface area contributed by atoms with Crippen LogP contribution >= 0.6 is 0 Å². The van der Waals surface area contributed by atoms with Gasteiger partial charge in [-0.25, -0.2) is 13.6 Å². The third kappa shape index (κ3) is 4.69. The molecular weight excluding hydrogens is 362 g/mol. The summed E-state index contributed by atoms with van der Waals surface area (Å²) in [6.07, 6.45) is 0. The third-order valence-corrected chi connectivity index (χ3v) is 4.86. The number of benzene rings is 2. The van der Waals surface area contributed by atoms with Gasteiger partial charge in [-0.2, -0.15) is 0 Å². The molecule has 3 aromatic rings. The van der Waals surface area contributed by atoms with Gasteiger partial charge in [-0.3, -0.25) is 9.78 Å². The number of pyridine rings is 1. The number of amides is 1. The van der Waals surface area contributed by atoms with Crippen LogP contribution in [-0.4, -0.2) is 19.3 Å². The summed E-state index contributed by atoms with van der Waals surface area (Å²) in [5, 5.41) is 8.70. The number of aromatic nitrogens is 1. The van der Waals surface area contributed by atoms with E-state index in [0.717, 1.165) is 16.6 Å². The standard InChI is InChI=1S/C20H21N3O3S/c1-13(2)19-11-17(16-8-3-4-9-18(16)23-19)20(24)22-15-7-5-6-14(10-15)12-27(21,25)26/h3-11,13H,12H2,1-2H3,(H,22,24)(H2,21,25,26). The number of fused-ring (bicyclic) bond motifs is 1. The zero-order valence-corrected chi connectivity index (χ0v) is 16.0. The van der Waals surface area contributed by atoms with E-state index in [9.17, 15) is 13.2 Å². The van der Waals surface area contributed by atoms with E-state index in [0.29, 0.717) is 16.8 Å². The van der Waals surface area contributed by atoms with Crippen molar-refractivity contribution in [3.8, 4) is 0 Å². The first-order chi connectivity index (χ1) is 12.7. The van der Waals surface area contributed by atoms with E-state index in [1.165, 1.54) is 0 Å². The van der Waals surface area contributed by atoms with Crippen LogP contribution in [0.4, 0.5) is 5.69 Å². The number of rotatable bonds is 5. The highest BCUT2D eigenvalue weighted by molar-refractivity contribution is 7.88. The molecule has 0 saturated heterocycles. The largest absolute Gasteiger partial charge is 0.322 e. The molecule has 0 bridgehead atoms. The van der Waals surface area contributed by atoms with Crippen LogP contribution in [0.2, 0.25) is 0 Å². The second-order valence-electron chi connectivity index (χ2n) is 6.73. The number of nitrogens with one attached hydrogen (secondary N) is 1. The van der Waals surface area contributed by atoms with E-state index in [1.807, 2.05) is 38.1 Å². The fraction of sp³-hybridized carbons (Fsp3) is 0.200. The number of carbonyl (C=O) groups excluding carboxylic acids is 1. The minimum absolute atomic E-state index is 0.180. The van der Waals surface area contributed by atoms with Crippen molar-refractivity contribution in [3.05, 3.63) is 71.4 Å². The Morgan fingerprint density at radius 1 is 1.11 bits per heavy atom. The van der Waals surface area contributed by atoms with Crippen LogP contribution in [0, 0.1) is 0 Å². The average molecular weight is 383 g/mol. The lowest BCUT2D eigenvalue weighted by molar-refractivity contribution is 0.102. The van der Waals surface area contributed by atoms with Gasteiger partial charge in [-0.15, -0.1) is 0 Å². The van der Waals surface area contributed by atoms with Gasteiger partial charge in [0.25, 0.3) is 5.91 Å². The highest BCUT2D eigenvalue weighted by Gasteiger charge is 2.15. The van der Waals surface area contributed by atoms with Gasteiger partial charge in [0.15, 0.2) is 0 Å². The molecule has 140 valence electrons. The van der Waals surface area contributed by atoms with Crippen LogP contribution in [0.5, 0.6) is 0 Å². The zero-order chi connectivity index (χ0) is 19.6. The highest BCUT2D eigenvalue weighted by atomic mass is 32.2. The monoisotopic (exact) mass is 383 g/mol. The molecule has 0 unspecified atom stereocenters. The van der Waals surface area contributed by atoms with Gasteiger partial charge >= 0.3 is 0 Å². The fourth-order valence-electron chi connectivity index (χ4n) is 2.85. The maximum atomic E-state index is 12.9. The fourth-order valence-corrected chi connectivity index (χ4v) is 3.49. The molecular formula is C20H21N3O3S. The smallest absolute Gasteiger partial charge is 0.256 e. The number of primary sulfonamides is 1. The summed E-state index contributed by atoms with van der Waals surface area (Å²) >= 11 is 0. The van der Waals surface area contributed by atoms with Crippen LogP contribution in [0.3, 0.4) is 0 Å². The maximum Gasteiger partial charge on any atom is 0.256 e. The van der Waals surface area contributed by atoms with Crippen molar-refractivity contribution < 1.29 is 13.2 Å². The Labute approximate surface area is 158 Å². The summed E-state index contributed by atoms with van der Waals surface area (Å²) in [4.78, 5) is 17.5. The molecule has 0 spiro atoms. The molecule has 0 fully saturated rings. The van der Waals surface area contributed by atoms with Crippen molar-refractivity contribution >= 4 is 32.5 Å². The summed E-state index contributed by atoms with van der Waals surface area (Å²) < 4.78 is 22.6. The molecule has 0 saturated carbocycles. The lowest BCUT2D eigenvalue weighted by Gasteiger charge is -2.12. The van der Waals surface area contributed by atoms with Crippen molar-refractivity contribution in [3.63, 3.8) is 0 Å². The van der Waals surface area contributed by atoms with Crippen molar-refractivity contribution in [2.45, 2.75) is 25.5 Å². The summed E-state index contributed by atoms with van der Waals surface area (Å²) in [5.41, 5.74) is 3.14. The molecule has 1 aromatic heterocycles. The van der Waals surface area contributed by atoms with E-state index in [4.69, 9.17) is 5.14 Å². The van der Waals surface area contributed by atoms with Gasteiger partial charge in [0.05, 0.1) is 16.8 Å². The normalized spacial score (nSPS) is 11.7. The Kier molecular flexibility index (Phi) is 5.25. The molecule has 3 rings (SSSR count). The van der Waals surface area contributed by atoms with Gasteiger partial charge in [-0.05, 0) is 35.7 Å². The summed E-state index contributed by atoms with van der Waals surface area (Å²) in [6.45, 7) is 4.05. The molecule has 0 aliphatic carbocycles. The van der Waals surface area contributed by atoms with Gasteiger partial charge < -0.3 is 5.32 Å². The SMILES string of the molecule is CC(C)c1cc(C(=O)Nc2cccc(CS(N)(=O)=O)c2)c2ccccc2n1. The number of hydrogen-bond donors (Lipinski definition) is 2. The number of hydrogen-bond acceptors (Lipinski definition) is 4. The Hall–Kier alpha value is -2.77. The highest BCUT2D eigenvalue weighted by Crippen LogP contribution is 2.23. The molecule has 3 N–H and O–H groups in total. The van der Waals surface area contributed by atoms with Gasteiger partial charge in [-0.1, -0.05) is 44.2 Å². The van der Waals surface area contributed by atoms with Crippen LogP contribution in [0.25, 0.3) is 10.9 Å². The molecule has 6 nitrogen and oxygen atoms in total. The predicted octanol–water partition coefficient (Wildman–Crippen LogP) is 3.40. The maximum absolute atomic E-state index is 12.9. The molecule has 0 radical (unpaired) electrons. The second kappa shape index (κ2) is 7.46. The lowest BCUT2D eigenvalue weighted by atomic mass is 10.0. The molecule has 1 heterocycles. The van der Waals surface area contributed by atoms with Crippen LogP contribution in [0.1, 0.15) is 41.4 Å². The molecule has 1 amide bonds. The number of para-hydroxylation sites is 1. The number of nitrogens with zero attached hydrogens (tertiary/aromatic N) is 1. The van der Waals surface area contributed by atoms with Gasteiger partial charge in [0.1, 0.15) is 0 Å². The molecule has 7 heteroatoms. The Morgan fingerprint density at radius 3 is 2.56 bits per heavy atom. The number of nitrogens with two attached hydrogens (primary N) is 1. The van der Waals surface area contributed by atoms with Gasteiger partial charge in [0, 0.05) is 16.8 Å². The third-order valence-electron chi connectivity index (χ3n) is 4.12. The Bertz CT molecular complexity index is 1110. The quantitative estimate of drug-likeness (QED) is 0.705. The minimum atomic E-state index is -3.64. The summed E-state index contributed by atoms with van der Waals surface area (Å²) in [5.74, 6) is -0.380. The minimum Gasteiger partial charge on any atom is -0.322 e. The first-order valence-corrected chi connectivity index (χ1v) is 10.2. The van der Waals surface area contributed by atoms with E-state index in [-0.39, 0.29) is 17.6 Å². The zero-order valence-electron chi connectivity index (χ0n) is 15.1. The van der Waals surface area contributed by atoms with Crippen molar-refractivity contribution in [1.82, 2.24) is 4.98 Å². The molecule has 0 aliphatic heterocycles. The number of sulfonamides is 1. The lowest BCUT2D eigenvalue weighted by Crippen LogP contribution is -2.16. The van der Waals surface area contributed by atoms with Crippen molar-refractivity contribution in [2.24, 2.45) is 5.14 Å². The molecule has 0 aliphatic rings. The average Bonchev–Trinajstić information content (AvgIpc) is 2.59. The first-order valence-electron chi connectivity index (χ1n) is 8.53. The number of carbonyl (C=O) groups is 1. The van der Waals surface area contributed by atoms with Gasteiger partial charge in [0.2, 0.25) is 10.0 Å². The van der Waals surface area contributed by atoms with E-state index < -0.39 is 10.0 Å². The molecule has 0 atom stereocenters. The predicted molar refractivity (Wildman–Crippen MR) is 107 cm³/mol. The van der Waals surface area contributed by atoms with E-state index in [1.54, 1.807) is 30.3 Å². The van der Waals surface area contributed by atoms with Crippen molar-refractivity contribution in [1.29, 1.82) is 0 Å². The van der Waals surface area contributed by atoms with Crippen LogP contribution in [-0.2, 0) is 15.8 Å². The van der Waals surface area contributed by atoms with E-state index >= 15 is 0 Å². The van der Waals surface area contributed by atoms with Crippen LogP contribution < -0.4 is 10.5 Å². The summed E-state index contributed by atoms with van der Waals surface area (Å²) in [7, 11) is -3.64. The second-order valence-corrected chi connectivity index (χ2v) is 8.34. The molecule has 27 heavy (non-hydrogen) atoms.